The minimum absolute atomic E-state index is 0.0996. The molecule has 0 aromatic heterocycles. The van der Waals surface area contributed by atoms with Crippen LogP contribution in [0, 0.1) is 0 Å². The van der Waals surface area contributed by atoms with Gasteiger partial charge in [-0.15, -0.1) is 0 Å². The maximum atomic E-state index is 12.0. The van der Waals surface area contributed by atoms with Gasteiger partial charge in [-0.05, 0) is 13.8 Å². The highest BCUT2D eigenvalue weighted by Crippen LogP contribution is 2.05. The zero-order valence-electron chi connectivity index (χ0n) is 11.0. The summed E-state index contributed by atoms with van der Waals surface area (Å²) in [6.45, 7) is 6.12. The van der Waals surface area contributed by atoms with Gasteiger partial charge < -0.3 is 15.5 Å². The second-order valence-electron chi connectivity index (χ2n) is 4.03. The molecular weight excluding hydrogens is 230 g/mol. The van der Waals surface area contributed by atoms with E-state index in [0.29, 0.717) is 19.6 Å². The topological polar surface area (TPSA) is 61.4 Å². The Morgan fingerprint density at radius 1 is 1.44 bits per heavy atom. The molecule has 1 heterocycles. The number of hydrogen-bond donors (Lipinski definition) is 2. The lowest BCUT2D eigenvalue weighted by Gasteiger charge is -2.34. The highest BCUT2D eigenvalue weighted by Gasteiger charge is 2.30. The second-order valence-corrected chi connectivity index (χ2v) is 4.03. The van der Waals surface area contributed by atoms with Gasteiger partial charge in [0, 0.05) is 32.3 Å². The number of amides is 2. The molecule has 1 unspecified atom stereocenters. The van der Waals surface area contributed by atoms with Crippen LogP contribution in [0.5, 0.6) is 0 Å². The Morgan fingerprint density at radius 2 is 2.22 bits per heavy atom. The zero-order valence-corrected chi connectivity index (χ0v) is 11.0. The summed E-state index contributed by atoms with van der Waals surface area (Å²) in [5.41, 5.74) is 0. The van der Waals surface area contributed by atoms with E-state index in [4.69, 9.17) is 0 Å². The average Bonchev–Trinajstić information content (AvgIpc) is 2.39. The first-order valence-electron chi connectivity index (χ1n) is 6.29. The number of allylic oxidation sites excluding steroid dienone is 3. The second kappa shape index (κ2) is 7.66. The number of rotatable bonds is 4. The minimum atomic E-state index is -0.415. The molecule has 0 spiro atoms. The normalized spacial score (nSPS) is 20.6. The largest absolute Gasteiger partial charge is 0.355 e. The van der Waals surface area contributed by atoms with Crippen LogP contribution in [0.3, 0.4) is 0 Å². The van der Waals surface area contributed by atoms with Crippen molar-refractivity contribution in [1.82, 2.24) is 15.5 Å². The molecule has 5 heteroatoms. The molecule has 100 valence electrons. The Bertz CT molecular complexity index is 350. The van der Waals surface area contributed by atoms with Crippen LogP contribution in [0.2, 0.25) is 0 Å². The Hall–Kier alpha value is -1.62. The van der Waals surface area contributed by atoms with Gasteiger partial charge in [-0.1, -0.05) is 18.2 Å². The van der Waals surface area contributed by atoms with Crippen LogP contribution >= 0.6 is 0 Å². The van der Waals surface area contributed by atoms with Crippen molar-refractivity contribution < 1.29 is 9.59 Å². The molecule has 0 aromatic rings. The van der Waals surface area contributed by atoms with E-state index in [9.17, 15) is 9.59 Å². The fourth-order valence-electron chi connectivity index (χ4n) is 1.84. The summed E-state index contributed by atoms with van der Waals surface area (Å²) in [6, 6.07) is -0.415. The molecule has 0 bridgehead atoms. The molecule has 2 amide bonds. The van der Waals surface area contributed by atoms with Gasteiger partial charge in [0.1, 0.15) is 6.04 Å². The first-order valence-corrected chi connectivity index (χ1v) is 6.29. The van der Waals surface area contributed by atoms with Gasteiger partial charge >= 0.3 is 0 Å². The molecule has 1 saturated heterocycles. The molecule has 1 aliphatic rings. The van der Waals surface area contributed by atoms with Gasteiger partial charge in [0.05, 0.1) is 0 Å². The number of nitrogens with one attached hydrogen (secondary N) is 2. The van der Waals surface area contributed by atoms with E-state index in [2.05, 4.69) is 10.6 Å². The first kappa shape index (κ1) is 14.4. The van der Waals surface area contributed by atoms with Crippen LogP contribution in [-0.4, -0.2) is 48.9 Å². The van der Waals surface area contributed by atoms with E-state index < -0.39 is 6.04 Å². The van der Waals surface area contributed by atoms with E-state index >= 15 is 0 Å². The molecule has 5 nitrogen and oxygen atoms in total. The maximum absolute atomic E-state index is 12.0. The van der Waals surface area contributed by atoms with Gasteiger partial charge in [0.15, 0.2) is 0 Å². The molecule has 0 aromatic carbocycles. The number of nitrogens with zero attached hydrogens (tertiary/aromatic N) is 1. The summed E-state index contributed by atoms with van der Waals surface area (Å²) in [5.74, 6) is -0.219. The van der Waals surface area contributed by atoms with Crippen LogP contribution in [0.1, 0.15) is 13.8 Å². The molecule has 1 aliphatic heterocycles. The predicted octanol–water partition coefficient (Wildman–Crippen LogP) is 0.0552. The van der Waals surface area contributed by atoms with Crippen molar-refractivity contribution in [3.8, 4) is 0 Å². The van der Waals surface area contributed by atoms with E-state index in [0.717, 1.165) is 6.54 Å². The van der Waals surface area contributed by atoms with Crippen LogP contribution in [0.15, 0.2) is 24.3 Å². The monoisotopic (exact) mass is 251 g/mol. The molecule has 0 saturated carbocycles. The summed E-state index contributed by atoms with van der Waals surface area (Å²) in [6.07, 6.45) is 6.83. The van der Waals surface area contributed by atoms with Crippen molar-refractivity contribution in [1.29, 1.82) is 0 Å². The molecule has 18 heavy (non-hydrogen) atoms. The Balaban J connectivity index is 2.69. The number of carbonyl (C=O) groups excluding carboxylic acids is 2. The average molecular weight is 251 g/mol. The van der Waals surface area contributed by atoms with Crippen molar-refractivity contribution in [2.75, 3.05) is 26.2 Å². The van der Waals surface area contributed by atoms with Crippen LogP contribution < -0.4 is 10.6 Å². The lowest BCUT2D eigenvalue weighted by Crippen LogP contribution is -2.59. The van der Waals surface area contributed by atoms with E-state index in [-0.39, 0.29) is 11.8 Å². The third-order valence-electron chi connectivity index (χ3n) is 2.72. The van der Waals surface area contributed by atoms with Crippen LogP contribution in [-0.2, 0) is 9.59 Å². The number of carbonyl (C=O) groups is 2. The van der Waals surface area contributed by atoms with E-state index in [1.807, 2.05) is 19.9 Å². The Kier molecular flexibility index (Phi) is 6.14. The Labute approximate surface area is 108 Å². The molecule has 1 rings (SSSR count). The van der Waals surface area contributed by atoms with Crippen LogP contribution in [0.25, 0.3) is 0 Å². The molecule has 2 N–H and O–H groups in total. The molecule has 0 radical (unpaired) electrons. The van der Waals surface area contributed by atoms with Crippen molar-refractivity contribution >= 4 is 11.8 Å². The minimum Gasteiger partial charge on any atom is -0.355 e. The third kappa shape index (κ3) is 4.00. The highest BCUT2D eigenvalue weighted by atomic mass is 16.2. The summed E-state index contributed by atoms with van der Waals surface area (Å²) >= 11 is 0. The number of likely N-dealkylation sites (N-methyl/N-ethyl adjacent to an activating group) is 1. The predicted molar refractivity (Wildman–Crippen MR) is 71.0 cm³/mol. The van der Waals surface area contributed by atoms with Crippen molar-refractivity contribution in [3.05, 3.63) is 24.3 Å². The highest BCUT2D eigenvalue weighted by molar-refractivity contribution is 5.93. The maximum Gasteiger partial charge on any atom is 0.247 e. The van der Waals surface area contributed by atoms with Crippen molar-refractivity contribution in [2.24, 2.45) is 0 Å². The molecule has 0 aliphatic carbocycles. The molecule has 1 fully saturated rings. The summed E-state index contributed by atoms with van der Waals surface area (Å²) < 4.78 is 0. The van der Waals surface area contributed by atoms with Gasteiger partial charge in [0.25, 0.3) is 0 Å². The fraction of sp³-hybridized carbons (Fsp3) is 0.538. The van der Waals surface area contributed by atoms with Gasteiger partial charge in [-0.2, -0.15) is 0 Å². The van der Waals surface area contributed by atoms with Gasteiger partial charge in [0.2, 0.25) is 11.8 Å². The lowest BCUT2D eigenvalue weighted by atomic mass is 10.1. The SMILES string of the molecule is CC=CC=CC(=O)N1CCNCC1C(=O)NCC. The summed E-state index contributed by atoms with van der Waals surface area (Å²) in [7, 11) is 0. The lowest BCUT2D eigenvalue weighted by molar-refractivity contribution is -0.138. The molecule has 1 atom stereocenters. The standard InChI is InChI=1S/C13H21N3O2/c1-3-5-6-7-12(17)16-9-8-14-10-11(16)13(18)15-4-2/h3,5-7,11,14H,4,8-10H2,1-2H3,(H,15,18). The number of piperazine rings is 1. The smallest absolute Gasteiger partial charge is 0.247 e. The summed E-state index contributed by atoms with van der Waals surface area (Å²) in [5, 5.41) is 5.89. The van der Waals surface area contributed by atoms with Crippen molar-refractivity contribution in [3.63, 3.8) is 0 Å². The third-order valence-corrected chi connectivity index (χ3v) is 2.72. The van der Waals surface area contributed by atoms with Gasteiger partial charge in [-0.25, -0.2) is 0 Å². The fourth-order valence-corrected chi connectivity index (χ4v) is 1.84. The van der Waals surface area contributed by atoms with E-state index in [1.54, 1.807) is 17.1 Å². The number of hydrogen-bond acceptors (Lipinski definition) is 3. The first-order chi connectivity index (χ1) is 8.70. The zero-order chi connectivity index (χ0) is 13.4. The Morgan fingerprint density at radius 3 is 2.89 bits per heavy atom. The quantitative estimate of drug-likeness (QED) is 0.548. The van der Waals surface area contributed by atoms with E-state index in [1.165, 1.54) is 6.08 Å². The van der Waals surface area contributed by atoms with Crippen molar-refractivity contribution in [2.45, 2.75) is 19.9 Å². The van der Waals surface area contributed by atoms with Gasteiger partial charge in [-0.3, -0.25) is 9.59 Å². The van der Waals surface area contributed by atoms with Crippen LogP contribution in [0.4, 0.5) is 0 Å². The summed E-state index contributed by atoms with van der Waals surface area (Å²) in [4.78, 5) is 25.5. The molecular formula is C13H21N3O2.